The van der Waals surface area contributed by atoms with Gasteiger partial charge in [-0.2, -0.15) is 0 Å². The van der Waals surface area contributed by atoms with Gasteiger partial charge >= 0.3 is 6.03 Å². The first-order valence-corrected chi connectivity index (χ1v) is 13.3. The van der Waals surface area contributed by atoms with Crippen LogP contribution in [0.4, 0.5) is 10.5 Å². The maximum Gasteiger partial charge on any atom is 0.319 e. The average molecular weight is 494 g/mol. The minimum absolute atomic E-state index is 0.104. The first kappa shape index (κ1) is 24.8. The van der Waals surface area contributed by atoms with Crippen LogP contribution in [0.1, 0.15) is 42.1 Å². The Balaban J connectivity index is 1.47. The summed E-state index contributed by atoms with van der Waals surface area (Å²) in [5.41, 5.74) is 4.52. The average Bonchev–Trinajstić information content (AvgIpc) is 2.84. The first-order chi connectivity index (χ1) is 16.7. The van der Waals surface area contributed by atoms with Crippen LogP contribution in [-0.2, 0) is 28.6 Å². The van der Waals surface area contributed by atoms with Crippen molar-refractivity contribution >= 4 is 21.6 Å². The van der Waals surface area contributed by atoms with Crippen molar-refractivity contribution in [2.45, 2.75) is 49.5 Å². The van der Waals surface area contributed by atoms with Crippen LogP contribution < -0.4 is 20.7 Å². The molecule has 8 heteroatoms. The number of carbonyl (C=O) groups is 1. The van der Waals surface area contributed by atoms with Gasteiger partial charge in [-0.05, 0) is 54.7 Å². The van der Waals surface area contributed by atoms with Gasteiger partial charge in [-0.1, -0.05) is 48.5 Å². The zero-order chi connectivity index (χ0) is 25.0. The van der Waals surface area contributed by atoms with Crippen molar-refractivity contribution in [3.8, 4) is 5.75 Å². The lowest BCUT2D eigenvalue weighted by atomic mass is 9.95. The molecule has 2 atom stereocenters. The van der Waals surface area contributed by atoms with E-state index < -0.39 is 15.9 Å². The second-order valence-corrected chi connectivity index (χ2v) is 10.9. The molecule has 0 saturated carbocycles. The van der Waals surface area contributed by atoms with Crippen LogP contribution in [0.15, 0.2) is 71.6 Å². The van der Waals surface area contributed by atoms with Crippen LogP contribution >= 0.6 is 0 Å². The number of fused-ring (bicyclic) bond motifs is 1. The number of amides is 2. The molecule has 1 aliphatic rings. The molecule has 2 amide bonds. The number of ether oxygens (including phenoxy) is 1. The maximum absolute atomic E-state index is 13.2. The molecular weight excluding hydrogens is 462 g/mol. The van der Waals surface area contributed by atoms with E-state index in [2.05, 4.69) is 22.9 Å². The first-order valence-electron chi connectivity index (χ1n) is 11.6. The zero-order valence-corrected chi connectivity index (χ0v) is 21.0. The van der Waals surface area contributed by atoms with E-state index in [0.717, 1.165) is 24.1 Å². The number of urea groups is 1. The van der Waals surface area contributed by atoms with Crippen LogP contribution in [0.5, 0.6) is 5.75 Å². The zero-order valence-electron chi connectivity index (χ0n) is 20.2. The van der Waals surface area contributed by atoms with Crippen molar-refractivity contribution in [3.05, 3.63) is 89.0 Å². The van der Waals surface area contributed by atoms with E-state index in [4.69, 9.17) is 4.74 Å². The highest BCUT2D eigenvalue weighted by Crippen LogP contribution is 2.30. The van der Waals surface area contributed by atoms with Gasteiger partial charge in [0.05, 0.1) is 29.5 Å². The summed E-state index contributed by atoms with van der Waals surface area (Å²) >= 11 is 0. The molecule has 0 aliphatic carbocycles. The summed E-state index contributed by atoms with van der Waals surface area (Å²) in [5.74, 6) is 0.173. The van der Waals surface area contributed by atoms with Crippen molar-refractivity contribution in [2.75, 3.05) is 12.4 Å². The maximum atomic E-state index is 13.2. The van der Waals surface area contributed by atoms with E-state index in [1.807, 2.05) is 55.5 Å². The summed E-state index contributed by atoms with van der Waals surface area (Å²) in [7, 11) is -2.17. The fourth-order valence-corrected chi connectivity index (χ4v) is 5.62. The molecule has 0 fully saturated rings. The Morgan fingerprint density at radius 2 is 1.86 bits per heavy atom. The molecule has 0 aromatic heterocycles. The molecule has 3 aromatic carbocycles. The smallest absolute Gasteiger partial charge is 0.319 e. The monoisotopic (exact) mass is 493 g/mol. The number of carbonyl (C=O) groups excluding carboxylic acids is 1. The molecule has 7 nitrogen and oxygen atoms in total. The van der Waals surface area contributed by atoms with Crippen LogP contribution in [0, 0.1) is 0 Å². The molecule has 35 heavy (non-hydrogen) atoms. The molecule has 1 heterocycles. The second-order valence-electron chi connectivity index (χ2n) is 8.94. The standard InChI is InChI=1S/C27H31N3O4S/c1-18-13-23-14-20(9-10-22(23)16-28-18)17-35(32,33)24-11-12-25(26(15-24)34-3)30-27(31)29-19(2)21-7-5-4-6-8-21/h4-12,14-15,18-19,28H,13,16-17H2,1-3H3,(H2,29,30,31). The molecule has 0 bridgehead atoms. The normalized spacial score (nSPS) is 16.1. The minimum Gasteiger partial charge on any atom is -0.495 e. The molecule has 0 spiro atoms. The predicted molar refractivity (Wildman–Crippen MR) is 137 cm³/mol. The van der Waals surface area contributed by atoms with Crippen molar-refractivity contribution < 1.29 is 17.9 Å². The number of rotatable bonds is 7. The Morgan fingerprint density at radius 1 is 1.09 bits per heavy atom. The van der Waals surface area contributed by atoms with Gasteiger partial charge < -0.3 is 20.7 Å². The summed E-state index contributed by atoms with van der Waals surface area (Å²) in [5, 5.41) is 9.04. The number of anilines is 1. The summed E-state index contributed by atoms with van der Waals surface area (Å²) in [6.07, 6.45) is 0.877. The highest BCUT2D eigenvalue weighted by molar-refractivity contribution is 7.90. The Bertz CT molecular complexity index is 1310. The number of hydrogen-bond donors (Lipinski definition) is 3. The molecule has 0 saturated heterocycles. The van der Waals surface area contributed by atoms with E-state index in [-0.39, 0.29) is 22.4 Å². The van der Waals surface area contributed by atoms with Crippen LogP contribution in [0.25, 0.3) is 0 Å². The van der Waals surface area contributed by atoms with Gasteiger partial charge in [0.1, 0.15) is 5.75 Å². The predicted octanol–water partition coefficient (Wildman–Crippen LogP) is 4.59. The van der Waals surface area contributed by atoms with E-state index in [1.54, 1.807) is 6.07 Å². The van der Waals surface area contributed by atoms with Crippen LogP contribution in [0.3, 0.4) is 0 Å². The van der Waals surface area contributed by atoms with E-state index in [0.29, 0.717) is 11.7 Å². The van der Waals surface area contributed by atoms with Crippen molar-refractivity contribution in [1.29, 1.82) is 0 Å². The number of sulfone groups is 1. The summed E-state index contributed by atoms with van der Waals surface area (Å²) < 4.78 is 31.7. The van der Waals surface area contributed by atoms with Crippen molar-refractivity contribution in [2.24, 2.45) is 0 Å². The largest absolute Gasteiger partial charge is 0.495 e. The molecule has 0 radical (unpaired) electrons. The quantitative estimate of drug-likeness (QED) is 0.448. The van der Waals surface area contributed by atoms with Crippen molar-refractivity contribution in [3.63, 3.8) is 0 Å². The Kier molecular flexibility index (Phi) is 7.42. The lowest BCUT2D eigenvalue weighted by Gasteiger charge is -2.23. The molecule has 4 rings (SSSR count). The molecule has 184 valence electrons. The number of nitrogens with one attached hydrogen (secondary N) is 3. The van der Waals surface area contributed by atoms with Gasteiger partial charge in [-0.15, -0.1) is 0 Å². The fourth-order valence-electron chi connectivity index (χ4n) is 4.27. The van der Waals surface area contributed by atoms with Crippen LogP contribution in [-0.4, -0.2) is 27.6 Å². The topological polar surface area (TPSA) is 96.5 Å². The van der Waals surface area contributed by atoms with E-state index in [9.17, 15) is 13.2 Å². The molecular formula is C27H31N3O4S. The lowest BCUT2D eigenvalue weighted by Crippen LogP contribution is -2.32. The third kappa shape index (κ3) is 6.01. The third-order valence-corrected chi connectivity index (χ3v) is 7.91. The molecule has 1 aliphatic heterocycles. The number of methoxy groups -OCH3 is 1. The highest BCUT2D eigenvalue weighted by Gasteiger charge is 2.21. The summed E-state index contributed by atoms with van der Waals surface area (Å²) in [4.78, 5) is 12.7. The molecule has 3 aromatic rings. The van der Waals surface area contributed by atoms with Gasteiger partial charge in [0, 0.05) is 18.7 Å². The molecule has 2 unspecified atom stereocenters. The lowest BCUT2D eigenvalue weighted by molar-refractivity contribution is 0.249. The molecule has 3 N–H and O–H groups in total. The Morgan fingerprint density at radius 3 is 2.60 bits per heavy atom. The second kappa shape index (κ2) is 10.5. The van der Waals surface area contributed by atoms with Gasteiger partial charge in [-0.3, -0.25) is 0 Å². The van der Waals surface area contributed by atoms with Crippen molar-refractivity contribution in [1.82, 2.24) is 10.6 Å². The summed E-state index contributed by atoms with van der Waals surface area (Å²) in [6.45, 7) is 4.81. The van der Waals surface area contributed by atoms with Crippen LogP contribution in [0.2, 0.25) is 0 Å². The SMILES string of the molecule is COc1cc(S(=O)(=O)Cc2ccc3c(c2)CC(C)NC3)ccc1NC(=O)NC(C)c1ccccc1. The Hall–Kier alpha value is -3.36. The summed E-state index contributed by atoms with van der Waals surface area (Å²) in [6, 6.07) is 19.8. The minimum atomic E-state index is -3.61. The van der Waals surface area contributed by atoms with Gasteiger partial charge in [0.2, 0.25) is 0 Å². The third-order valence-electron chi connectivity index (χ3n) is 6.22. The number of hydrogen-bond acceptors (Lipinski definition) is 5. The highest BCUT2D eigenvalue weighted by atomic mass is 32.2. The van der Waals surface area contributed by atoms with Gasteiger partial charge in [0.25, 0.3) is 0 Å². The Labute approximate surface area is 206 Å². The van der Waals surface area contributed by atoms with Gasteiger partial charge in [-0.25, -0.2) is 13.2 Å². The van der Waals surface area contributed by atoms with E-state index in [1.165, 1.54) is 30.4 Å². The fraction of sp³-hybridized carbons (Fsp3) is 0.296. The number of benzene rings is 3. The van der Waals surface area contributed by atoms with Gasteiger partial charge in [0.15, 0.2) is 9.84 Å². The van der Waals surface area contributed by atoms with E-state index >= 15 is 0 Å².